The zero-order valence-electron chi connectivity index (χ0n) is 17.7. The third-order valence-corrected chi connectivity index (χ3v) is 6.64. The summed E-state index contributed by atoms with van der Waals surface area (Å²) in [6.07, 6.45) is 4.89. The summed E-state index contributed by atoms with van der Waals surface area (Å²) in [7, 11) is 1.85. The summed E-state index contributed by atoms with van der Waals surface area (Å²) in [6, 6.07) is 13.2. The van der Waals surface area contributed by atoms with E-state index in [-0.39, 0.29) is 35.9 Å². The number of hydrogen-bond donors (Lipinski definition) is 1. The van der Waals surface area contributed by atoms with Crippen molar-refractivity contribution in [2.75, 3.05) is 18.8 Å². The first kappa shape index (κ1) is 22.7. The first-order valence-electron chi connectivity index (χ1n) is 10.0. The van der Waals surface area contributed by atoms with E-state index in [1.54, 1.807) is 30.6 Å². The minimum Gasteiger partial charge on any atom is -0.354 e. The Labute approximate surface area is 198 Å². The van der Waals surface area contributed by atoms with Crippen LogP contribution in [0.1, 0.15) is 5.56 Å². The van der Waals surface area contributed by atoms with Gasteiger partial charge in [-0.1, -0.05) is 48.2 Å². The number of amides is 3. The molecule has 2 aromatic heterocycles. The molecule has 1 saturated heterocycles. The van der Waals surface area contributed by atoms with Crippen LogP contribution in [0.2, 0.25) is 0 Å². The fourth-order valence-electron chi connectivity index (χ4n) is 3.07. The van der Waals surface area contributed by atoms with Gasteiger partial charge in [0, 0.05) is 38.1 Å². The minimum atomic E-state index is -0.370. The lowest BCUT2D eigenvalue weighted by atomic mass is 10.2. The zero-order valence-corrected chi connectivity index (χ0v) is 19.3. The molecule has 1 fully saturated rings. The molecular weight excluding hydrogens is 460 g/mol. The van der Waals surface area contributed by atoms with Crippen LogP contribution in [-0.2, 0) is 16.6 Å². The number of imide groups is 1. The van der Waals surface area contributed by atoms with Crippen LogP contribution in [0.5, 0.6) is 0 Å². The molecule has 0 unspecified atom stereocenters. The lowest BCUT2D eigenvalue weighted by Gasteiger charge is -2.12. The monoisotopic (exact) mass is 480 g/mol. The van der Waals surface area contributed by atoms with Gasteiger partial charge in [-0.15, -0.1) is 10.2 Å². The van der Waals surface area contributed by atoms with E-state index < -0.39 is 0 Å². The Hall–Kier alpha value is -3.44. The van der Waals surface area contributed by atoms with Crippen LogP contribution in [0.4, 0.5) is 4.79 Å². The Morgan fingerprint density at radius 2 is 1.97 bits per heavy atom. The second-order valence-electron chi connectivity index (χ2n) is 6.99. The minimum absolute atomic E-state index is 0.105. The fraction of sp³-hybridized carbons (Fsp3) is 0.182. The van der Waals surface area contributed by atoms with E-state index in [0.717, 1.165) is 33.6 Å². The van der Waals surface area contributed by atoms with E-state index in [9.17, 15) is 14.4 Å². The quantitative estimate of drug-likeness (QED) is 0.387. The maximum Gasteiger partial charge on any atom is 0.293 e. The maximum absolute atomic E-state index is 12.5. The third kappa shape index (κ3) is 5.49. The summed E-state index contributed by atoms with van der Waals surface area (Å²) < 4.78 is 1.84. The summed E-state index contributed by atoms with van der Waals surface area (Å²) >= 11 is 2.15. The Bertz CT molecular complexity index is 1200. The summed E-state index contributed by atoms with van der Waals surface area (Å²) in [4.78, 5) is 42.4. The van der Waals surface area contributed by atoms with Crippen LogP contribution in [0.25, 0.3) is 17.5 Å². The van der Waals surface area contributed by atoms with Gasteiger partial charge in [0.1, 0.15) is 0 Å². The molecule has 0 spiro atoms. The molecule has 0 atom stereocenters. The maximum atomic E-state index is 12.5. The topological polar surface area (TPSA) is 110 Å². The normalized spacial score (nSPS) is 14.8. The van der Waals surface area contributed by atoms with E-state index in [1.165, 1.54) is 11.8 Å². The molecule has 4 rings (SSSR count). The molecule has 3 amide bonds. The van der Waals surface area contributed by atoms with Crippen molar-refractivity contribution >= 4 is 46.7 Å². The van der Waals surface area contributed by atoms with Crippen LogP contribution < -0.4 is 5.32 Å². The van der Waals surface area contributed by atoms with Crippen LogP contribution in [0.3, 0.4) is 0 Å². The molecule has 1 aromatic carbocycles. The van der Waals surface area contributed by atoms with Crippen molar-refractivity contribution in [3.63, 3.8) is 0 Å². The number of thioether (sulfide) groups is 2. The van der Waals surface area contributed by atoms with Crippen LogP contribution >= 0.6 is 23.5 Å². The number of aromatic nitrogens is 4. The van der Waals surface area contributed by atoms with E-state index in [2.05, 4.69) is 20.5 Å². The van der Waals surface area contributed by atoms with Gasteiger partial charge < -0.3 is 9.88 Å². The van der Waals surface area contributed by atoms with Gasteiger partial charge in [0.05, 0.1) is 10.7 Å². The van der Waals surface area contributed by atoms with E-state index >= 15 is 0 Å². The van der Waals surface area contributed by atoms with Gasteiger partial charge >= 0.3 is 0 Å². The molecule has 0 aliphatic carbocycles. The molecule has 33 heavy (non-hydrogen) atoms. The third-order valence-electron chi connectivity index (χ3n) is 4.71. The van der Waals surface area contributed by atoms with E-state index in [1.807, 2.05) is 41.9 Å². The van der Waals surface area contributed by atoms with Crippen molar-refractivity contribution in [3.8, 4) is 11.4 Å². The average Bonchev–Trinajstić information content (AvgIpc) is 3.32. The molecule has 0 bridgehead atoms. The Kier molecular flexibility index (Phi) is 7.20. The van der Waals surface area contributed by atoms with Crippen molar-refractivity contribution in [1.29, 1.82) is 0 Å². The summed E-state index contributed by atoms with van der Waals surface area (Å²) in [6.45, 7) is 0.277. The smallest absolute Gasteiger partial charge is 0.293 e. The number of hydrogen-bond acceptors (Lipinski definition) is 8. The highest BCUT2D eigenvalue weighted by molar-refractivity contribution is 8.18. The number of rotatable bonds is 8. The van der Waals surface area contributed by atoms with E-state index in [0.29, 0.717) is 10.1 Å². The molecule has 9 nitrogen and oxygen atoms in total. The number of nitrogens with zero attached hydrogens (tertiary/aromatic N) is 5. The number of nitrogens with one attached hydrogen (secondary N) is 1. The molecular formula is C22H20N6O3S2. The summed E-state index contributed by atoms with van der Waals surface area (Å²) in [5, 5.41) is 11.4. The van der Waals surface area contributed by atoms with Crippen LogP contribution in [0.15, 0.2) is 64.9 Å². The molecule has 11 heteroatoms. The predicted octanol–water partition coefficient (Wildman–Crippen LogP) is 2.82. The molecule has 1 aliphatic heterocycles. The van der Waals surface area contributed by atoms with Crippen LogP contribution in [-0.4, -0.2) is 60.5 Å². The first-order chi connectivity index (χ1) is 16.0. The number of benzene rings is 1. The van der Waals surface area contributed by atoms with Gasteiger partial charge in [0.15, 0.2) is 11.0 Å². The van der Waals surface area contributed by atoms with Crippen molar-refractivity contribution < 1.29 is 14.4 Å². The molecule has 0 saturated carbocycles. The van der Waals surface area contributed by atoms with Gasteiger partial charge in [-0.05, 0) is 29.5 Å². The van der Waals surface area contributed by atoms with Crippen molar-refractivity contribution in [2.45, 2.75) is 5.16 Å². The summed E-state index contributed by atoms with van der Waals surface area (Å²) in [5.41, 5.74) is 1.69. The highest BCUT2D eigenvalue weighted by Gasteiger charge is 2.34. The fourth-order valence-corrected chi connectivity index (χ4v) is 4.68. The second-order valence-corrected chi connectivity index (χ2v) is 8.93. The standard InChI is InChI=1S/C22H20N6O3S2/c1-27-19(16-7-3-2-4-8-16)25-26-21(27)32-14-18(29)24-10-11-28-20(30)17(33-22(28)31)12-15-6-5-9-23-13-15/h2-9,12-13H,10-11,14H2,1H3,(H,24,29). The van der Waals surface area contributed by atoms with Crippen molar-refractivity contribution in [1.82, 2.24) is 30.0 Å². The largest absolute Gasteiger partial charge is 0.354 e. The second kappa shape index (κ2) is 10.5. The number of pyridine rings is 1. The Morgan fingerprint density at radius 1 is 1.15 bits per heavy atom. The first-order valence-corrected chi connectivity index (χ1v) is 11.8. The molecule has 168 valence electrons. The Morgan fingerprint density at radius 3 is 2.73 bits per heavy atom. The van der Waals surface area contributed by atoms with Crippen molar-refractivity contribution in [3.05, 3.63) is 65.3 Å². The highest BCUT2D eigenvalue weighted by Crippen LogP contribution is 2.31. The molecule has 0 radical (unpaired) electrons. The predicted molar refractivity (Wildman–Crippen MR) is 127 cm³/mol. The average molecular weight is 481 g/mol. The van der Waals surface area contributed by atoms with Crippen molar-refractivity contribution in [2.24, 2.45) is 7.05 Å². The van der Waals surface area contributed by atoms with Gasteiger partial charge in [-0.3, -0.25) is 24.3 Å². The molecule has 3 aromatic rings. The SMILES string of the molecule is Cn1c(SCC(=O)NCCN2C(=O)SC(=Cc3cccnc3)C2=O)nnc1-c1ccccc1. The van der Waals surface area contributed by atoms with Gasteiger partial charge in [0.25, 0.3) is 11.1 Å². The summed E-state index contributed by atoms with van der Waals surface area (Å²) in [5.74, 6) is 0.271. The number of carbonyl (C=O) groups excluding carboxylic acids is 3. The molecule has 1 aliphatic rings. The van der Waals surface area contributed by atoms with Gasteiger partial charge in [-0.25, -0.2) is 0 Å². The lowest BCUT2D eigenvalue weighted by molar-refractivity contribution is -0.123. The van der Waals surface area contributed by atoms with E-state index in [4.69, 9.17) is 0 Å². The highest BCUT2D eigenvalue weighted by atomic mass is 32.2. The Balaban J connectivity index is 1.25. The molecule has 3 heterocycles. The van der Waals surface area contributed by atoms with Gasteiger partial charge in [0.2, 0.25) is 5.91 Å². The lowest BCUT2D eigenvalue weighted by Crippen LogP contribution is -2.37. The van der Waals surface area contributed by atoms with Gasteiger partial charge in [-0.2, -0.15) is 0 Å². The molecule has 1 N–H and O–H groups in total. The zero-order chi connectivity index (χ0) is 23.2. The number of carbonyl (C=O) groups is 3. The van der Waals surface area contributed by atoms with Crippen LogP contribution in [0, 0.1) is 0 Å².